The first-order valence-corrected chi connectivity index (χ1v) is 9.58. The monoisotopic (exact) mass is 414 g/mol. The van der Waals surface area contributed by atoms with Crippen molar-refractivity contribution in [3.63, 3.8) is 0 Å². The van der Waals surface area contributed by atoms with Gasteiger partial charge in [-0.2, -0.15) is 5.10 Å². The zero-order valence-electron chi connectivity index (χ0n) is 16.4. The Hall–Kier alpha value is -3.35. The number of halogens is 3. The third kappa shape index (κ3) is 4.97. The van der Waals surface area contributed by atoms with Gasteiger partial charge in [0, 0.05) is 17.2 Å². The van der Waals surface area contributed by atoms with Crippen molar-refractivity contribution in [1.82, 2.24) is 9.78 Å². The number of aromatic nitrogens is 2. The molecule has 3 aromatic rings. The summed E-state index contributed by atoms with van der Waals surface area (Å²) in [7, 11) is 0. The van der Waals surface area contributed by atoms with Crippen LogP contribution >= 0.6 is 0 Å². The zero-order chi connectivity index (χ0) is 21.5. The fourth-order valence-electron chi connectivity index (χ4n) is 2.93. The molecule has 0 bridgehead atoms. The Balaban J connectivity index is 2.12. The van der Waals surface area contributed by atoms with Crippen molar-refractivity contribution in [3.05, 3.63) is 77.7 Å². The van der Waals surface area contributed by atoms with E-state index in [0.29, 0.717) is 23.4 Å². The van der Waals surface area contributed by atoms with E-state index in [1.807, 2.05) is 6.92 Å². The van der Waals surface area contributed by atoms with E-state index < -0.39 is 23.9 Å². The van der Waals surface area contributed by atoms with E-state index >= 15 is 0 Å². The van der Waals surface area contributed by atoms with Crippen LogP contribution in [0, 0.1) is 5.82 Å². The molecule has 0 spiro atoms. The minimum Gasteiger partial charge on any atom is -0.463 e. The molecule has 0 unspecified atom stereocenters. The van der Waals surface area contributed by atoms with Gasteiger partial charge in [-0.3, -0.25) is 0 Å². The van der Waals surface area contributed by atoms with Gasteiger partial charge in [-0.05, 0) is 48.9 Å². The van der Waals surface area contributed by atoms with Crippen molar-refractivity contribution < 1.29 is 22.7 Å². The van der Waals surface area contributed by atoms with E-state index in [4.69, 9.17) is 4.74 Å². The van der Waals surface area contributed by atoms with Crippen molar-refractivity contribution in [2.24, 2.45) is 0 Å². The molecule has 30 heavy (non-hydrogen) atoms. The Kier molecular flexibility index (Phi) is 7.06. The number of nitrogens with zero attached hydrogens (tertiary/aromatic N) is 2. The highest BCUT2D eigenvalue weighted by atomic mass is 19.3. The fourth-order valence-corrected chi connectivity index (χ4v) is 2.93. The summed E-state index contributed by atoms with van der Waals surface area (Å²) in [5.74, 6) is -1.07. The molecule has 0 saturated heterocycles. The van der Waals surface area contributed by atoms with E-state index in [9.17, 15) is 18.0 Å². The third-order valence-electron chi connectivity index (χ3n) is 4.40. The van der Waals surface area contributed by atoms with Crippen molar-refractivity contribution in [3.8, 4) is 16.9 Å². The Labute approximate surface area is 172 Å². The Morgan fingerprint density at radius 2 is 1.83 bits per heavy atom. The number of alkyl halides is 2. The maximum atomic E-state index is 13.8. The Morgan fingerprint density at radius 3 is 2.47 bits per heavy atom. The number of hydrogen-bond acceptors (Lipinski definition) is 3. The summed E-state index contributed by atoms with van der Waals surface area (Å²) in [5.41, 5.74) is 0.973. The lowest BCUT2D eigenvalue weighted by Gasteiger charge is -2.09. The minimum absolute atomic E-state index is 0.0768. The van der Waals surface area contributed by atoms with Gasteiger partial charge < -0.3 is 4.74 Å². The standard InChI is InChI=1S/C23H21F3N2O2/c1-2-3-15-30-20(29)14-13-19-21(23(25)26)27-28(18-7-5-4-6-8-18)22(19)16-9-11-17(24)12-10-16/h4-14,23H,2-3,15H2,1H3/b14-13+. The van der Waals surface area contributed by atoms with Crippen LogP contribution in [0.3, 0.4) is 0 Å². The number of ether oxygens (including phenoxy) is 1. The van der Waals surface area contributed by atoms with Crippen LogP contribution in [0.15, 0.2) is 60.7 Å². The van der Waals surface area contributed by atoms with Crippen LogP contribution in [-0.2, 0) is 9.53 Å². The quantitative estimate of drug-likeness (QED) is 0.259. The molecule has 3 rings (SSSR count). The van der Waals surface area contributed by atoms with E-state index in [1.165, 1.54) is 35.0 Å². The summed E-state index contributed by atoms with van der Waals surface area (Å²) in [6.45, 7) is 2.22. The summed E-state index contributed by atoms with van der Waals surface area (Å²) < 4.78 is 47.5. The molecule has 2 aromatic carbocycles. The smallest absolute Gasteiger partial charge is 0.330 e. The second-order valence-corrected chi connectivity index (χ2v) is 6.56. The summed E-state index contributed by atoms with van der Waals surface area (Å²) in [6, 6.07) is 14.2. The second kappa shape index (κ2) is 9.91. The molecule has 0 N–H and O–H groups in total. The van der Waals surface area contributed by atoms with Crippen molar-refractivity contribution in [1.29, 1.82) is 0 Å². The van der Waals surface area contributed by atoms with Gasteiger partial charge in [-0.25, -0.2) is 22.6 Å². The largest absolute Gasteiger partial charge is 0.463 e. The lowest BCUT2D eigenvalue weighted by molar-refractivity contribution is -0.137. The SMILES string of the molecule is CCCCOC(=O)/C=C/c1c(C(F)F)nn(-c2ccccc2)c1-c1ccc(F)cc1. The third-order valence-corrected chi connectivity index (χ3v) is 4.40. The minimum atomic E-state index is -2.87. The van der Waals surface area contributed by atoms with Gasteiger partial charge in [0.05, 0.1) is 18.0 Å². The van der Waals surface area contributed by atoms with Crippen LogP contribution in [0.1, 0.15) is 37.4 Å². The molecular weight excluding hydrogens is 393 g/mol. The zero-order valence-corrected chi connectivity index (χ0v) is 16.4. The van der Waals surface area contributed by atoms with Crippen molar-refractivity contribution in [2.45, 2.75) is 26.2 Å². The summed E-state index contributed by atoms with van der Waals surface area (Å²) in [6.07, 6.45) is 1.10. The Bertz CT molecular complexity index is 1010. The van der Waals surface area contributed by atoms with Gasteiger partial charge in [-0.1, -0.05) is 31.5 Å². The number of benzene rings is 2. The number of carbonyl (C=O) groups excluding carboxylic acids is 1. The van der Waals surface area contributed by atoms with Crippen LogP contribution < -0.4 is 0 Å². The van der Waals surface area contributed by atoms with Gasteiger partial charge in [0.2, 0.25) is 0 Å². The molecule has 0 aliphatic heterocycles. The lowest BCUT2D eigenvalue weighted by atomic mass is 10.0. The highest BCUT2D eigenvalue weighted by Crippen LogP contribution is 2.34. The number of rotatable bonds is 8. The molecule has 0 aliphatic carbocycles. The van der Waals surface area contributed by atoms with Crippen LogP contribution in [0.25, 0.3) is 23.0 Å². The lowest BCUT2D eigenvalue weighted by Crippen LogP contribution is -2.02. The van der Waals surface area contributed by atoms with Crippen molar-refractivity contribution >= 4 is 12.0 Å². The van der Waals surface area contributed by atoms with Crippen LogP contribution in [0.4, 0.5) is 13.2 Å². The van der Waals surface area contributed by atoms with E-state index in [0.717, 1.165) is 12.5 Å². The summed E-state index contributed by atoms with van der Waals surface area (Å²) in [5, 5.41) is 4.10. The van der Waals surface area contributed by atoms with Gasteiger partial charge >= 0.3 is 5.97 Å². The Morgan fingerprint density at radius 1 is 1.13 bits per heavy atom. The second-order valence-electron chi connectivity index (χ2n) is 6.56. The summed E-state index contributed by atoms with van der Waals surface area (Å²) >= 11 is 0. The molecule has 0 atom stereocenters. The molecule has 7 heteroatoms. The van der Waals surface area contributed by atoms with Gasteiger partial charge in [0.15, 0.2) is 0 Å². The first-order valence-electron chi connectivity index (χ1n) is 9.58. The highest BCUT2D eigenvalue weighted by Gasteiger charge is 2.24. The molecule has 156 valence electrons. The highest BCUT2D eigenvalue weighted by molar-refractivity contribution is 5.89. The van der Waals surface area contributed by atoms with Crippen LogP contribution in [0.5, 0.6) is 0 Å². The normalized spacial score (nSPS) is 11.4. The maximum Gasteiger partial charge on any atom is 0.330 e. The number of carbonyl (C=O) groups is 1. The molecule has 1 aromatic heterocycles. The van der Waals surface area contributed by atoms with Crippen molar-refractivity contribution in [2.75, 3.05) is 6.61 Å². The number of para-hydroxylation sites is 1. The van der Waals surface area contributed by atoms with Crippen LogP contribution in [-0.4, -0.2) is 22.4 Å². The van der Waals surface area contributed by atoms with E-state index in [2.05, 4.69) is 5.10 Å². The molecule has 4 nitrogen and oxygen atoms in total. The predicted octanol–water partition coefficient (Wildman–Crippen LogP) is 5.97. The molecular formula is C23H21F3N2O2. The number of unbranched alkanes of at least 4 members (excludes halogenated alkanes) is 1. The summed E-state index contributed by atoms with van der Waals surface area (Å²) in [4.78, 5) is 12.0. The molecule has 0 saturated carbocycles. The fraction of sp³-hybridized carbons (Fsp3) is 0.217. The topological polar surface area (TPSA) is 44.1 Å². The average Bonchev–Trinajstić information content (AvgIpc) is 3.13. The maximum absolute atomic E-state index is 13.8. The van der Waals surface area contributed by atoms with Gasteiger partial charge in [0.1, 0.15) is 11.5 Å². The first-order chi connectivity index (χ1) is 14.5. The van der Waals surface area contributed by atoms with Crippen LogP contribution in [0.2, 0.25) is 0 Å². The number of esters is 1. The first kappa shape index (κ1) is 21.4. The molecule has 0 fully saturated rings. The molecule has 0 radical (unpaired) electrons. The molecule has 0 amide bonds. The molecule has 0 aliphatic rings. The van der Waals surface area contributed by atoms with E-state index in [1.54, 1.807) is 30.3 Å². The van der Waals surface area contributed by atoms with Gasteiger partial charge in [0.25, 0.3) is 6.43 Å². The molecule has 1 heterocycles. The van der Waals surface area contributed by atoms with E-state index in [-0.39, 0.29) is 12.2 Å². The predicted molar refractivity (Wildman–Crippen MR) is 109 cm³/mol. The number of hydrogen-bond donors (Lipinski definition) is 0. The van der Waals surface area contributed by atoms with Gasteiger partial charge in [-0.15, -0.1) is 0 Å². The average molecular weight is 414 g/mol.